The predicted molar refractivity (Wildman–Crippen MR) is 103 cm³/mol. The van der Waals surface area contributed by atoms with Gasteiger partial charge in [-0.15, -0.1) is 0 Å². The lowest BCUT2D eigenvalue weighted by Gasteiger charge is -2.37. The fraction of sp³-hybridized carbons (Fsp3) is 0.381. The molecule has 1 atom stereocenters. The van der Waals surface area contributed by atoms with Crippen molar-refractivity contribution in [3.63, 3.8) is 0 Å². The van der Waals surface area contributed by atoms with E-state index in [1.807, 2.05) is 42.2 Å². The lowest BCUT2D eigenvalue weighted by atomic mass is 10.1. The average molecular weight is 352 g/mol. The molecule has 26 heavy (non-hydrogen) atoms. The van der Waals surface area contributed by atoms with Gasteiger partial charge in [0.1, 0.15) is 5.75 Å². The zero-order valence-corrected chi connectivity index (χ0v) is 15.2. The molecule has 0 spiro atoms. The minimum atomic E-state index is -0.0484. The van der Waals surface area contributed by atoms with Gasteiger partial charge in [0.15, 0.2) is 6.04 Å². The number of carbonyl (C=O) groups is 1. The van der Waals surface area contributed by atoms with Crippen molar-refractivity contribution in [3.05, 3.63) is 54.1 Å². The van der Waals surface area contributed by atoms with E-state index in [0.29, 0.717) is 5.75 Å². The van der Waals surface area contributed by atoms with Crippen LogP contribution >= 0.6 is 0 Å². The zero-order valence-electron chi connectivity index (χ0n) is 15.2. The molecule has 0 radical (unpaired) electrons. The number of hydrogen-bond donors (Lipinski definition) is 2. The summed E-state index contributed by atoms with van der Waals surface area (Å²) in [6, 6.07) is 15.6. The van der Waals surface area contributed by atoms with E-state index < -0.39 is 0 Å². The van der Waals surface area contributed by atoms with Crippen molar-refractivity contribution in [3.8, 4) is 5.75 Å². The van der Waals surface area contributed by atoms with Gasteiger partial charge in [0.2, 0.25) is 0 Å². The molecule has 2 aromatic carbocycles. The normalized spacial score (nSPS) is 18.7. The van der Waals surface area contributed by atoms with Gasteiger partial charge in [0.25, 0.3) is 5.91 Å². The van der Waals surface area contributed by atoms with Gasteiger partial charge in [-0.25, -0.2) is 0 Å². The number of phenolic OH excluding ortho intramolecular Hbond substituents is 1. The Hall–Kier alpha value is -2.53. The van der Waals surface area contributed by atoms with E-state index in [1.54, 1.807) is 6.07 Å². The fourth-order valence-corrected chi connectivity index (χ4v) is 4.17. The molecule has 2 N–H and O–H groups in total. The second-order valence-corrected chi connectivity index (χ2v) is 7.22. The van der Waals surface area contributed by atoms with Crippen molar-refractivity contribution in [2.75, 3.05) is 42.5 Å². The van der Waals surface area contributed by atoms with Crippen molar-refractivity contribution < 1.29 is 14.8 Å². The van der Waals surface area contributed by atoms with E-state index in [1.165, 1.54) is 10.5 Å². The highest BCUT2D eigenvalue weighted by atomic mass is 16.3. The number of carbonyl (C=O) groups excluding carboxylic acids is 1. The maximum atomic E-state index is 13.1. The maximum absolute atomic E-state index is 13.1. The summed E-state index contributed by atoms with van der Waals surface area (Å²) in [5, 5.41) is 10.1. The SMILES string of the molecule is C[C@H](C(=O)N1CCc2ccccc21)[NH+]1CCN(c2ccccc2O)CC1. The first-order valence-electron chi connectivity index (χ1n) is 9.42. The van der Waals surface area contributed by atoms with E-state index in [2.05, 4.69) is 17.0 Å². The molecule has 2 aromatic rings. The molecule has 1 amide bonds. The highest BCUT2D eigenvalue weighted by Gasteiger charge is 2.35. The third-order valence-electron chi connectivity index (χ3n) is 5.76. The number of anilines is 2. The summed E-state index contributed by atoms with van der Waals surface area (Å²) in [4.78, 5) is 18.6. The van der Waals surface area contributed by atoms with E-state index in [4.69, 9.17) is 0 Å². The number of benzene rings is 2. The maximum Gasteiger partial charge on any atom is 0.284 e. The van der Waals surface area contributed by atoms with Gasteiger partial charge in [0.05, 0.1) is 31.9 Å². The zero-order chi connectivity index (χ0) is 18.1. The minimum absolute atomic E-state index is 0.0484. The van der Waals surface area contributed by atoms with Gasteiger partial charge in [-0.05, 0) is 37.1 Å². The van der Waals surface area contributed by atoms with Crippen molar-refractivity contribution in [2.24, 2.45) is 0 Å². The Morgan fingerprint density at radius 1 is 1.00 bits per heavy atom. The second kappa shape index (κ2) is 7.00. The number of piperazine rings is 1. The lowest BCUT2D eigenvalue weighted by Crippen LogP contribution is -3.19. The summed E-state index contributed by atoms with van der Waals surface area (Å²) in [6.45, 7) is 6.34. The van der Waals surface area contributed by atoms with Crippen LogP contribution in [0.25, 0.3) is 0 Å². The summed E-state index contributed by atoms with van der Waals surface area (Å²) in [6.07, 6.45) is 0.949. The largest absolute Gasteiger partial charge is 0.506 e. The predicted octanol–water partition coefficient (Wildman–Crippen LogP) is 1.07. The number of rotatable bonds is 3. The Bertz CT molecular complexity index is 799. The molecule has 2 aliphatic heterocycles. The topological polar surface area (TPSA) is 48.2 Å². The molecule has 2 heterocycles. The van der Waals surface area contributed by atoms with E-state index in [-0.39, 0.29) is 11.9 Å². The molecule has 2 aliphatic rings. The van der Waals surface area contributed by atoms with Crippen LogP contribution in [0.5, 0.6) is 5.75 Å². The van der Waals surface area contributed by atoms with Crippen molar-refractivity contribution in [1.82, 2.24) is 0 Å². The smallest absolute Gasteiger partial charge is 0.284 e. The Morgan fingerprint density at radius 2 is 1.65 bits per heavy atom. The van der Waals surface area contributed by atoms with Gasteiger partial charge in [-0.1, -0.05) is 30.3 Å². The Kier molecular flexibility index (Phi) is 4.55. The van der Waals surface area contributed by atoms with Gasteiger partial charge in [-0.2, -0.15) is 0 Å². The van der Waals surface area contributed by atoms with Crippen molar-refractivity contribution in [1.29, 1.82) is 0 Å². The molecule has 5 heteroatoms. The summed E-state index contributed by atoms with van der Waals surface area (Å²) in [7, 11) is 0. The van der Waals surface area contributed by atoms with E-state index >= 15 is 0 Å². The number of nitrogens with zero attached hydrogens (tertiary/aromatic N) is 2. The second-order valence-electron chi connectivity index (χ2n) is 7.22. The molecule has 0 aromatic heterocycles. The number of phenols is 1. The first-order valence-corrected chi connectivity index (χ1v) is 9.42. The van der Waals surface area contributed by atoms with Crippen LogP contribution in [-0.4, -0.2) is 49.8 Å². The molecule has 0 saturated carbocycles. The van der Waals surface area contributed by atoms with Crippen LogP contribution < -0.4 is 14.7 Å². The van der Waals surface area contributed by atoms with Crippen LogP contribution in [-0.2, 0) is 11.2 Å². The number of para-hydroxylation sites is 3. The van der Waals surface area contributed by atoms with Gasteiger partial charge in [0, 0.05) is 12.2 Å². The summed E-state index contributed by atoms with van der Waals surface area (Å²) in [5.41, 5.74) is 3.24. The Balaban J connectivity index is 1.40. The van der Waals surface area contributed by atoms with Crippen LogP contribution in [0.3, 0.4) is 0 Å². The molecule has 0 bridgehead atoms. The highest BCUT2D eigenvalue weighted by molar-refractivity contribution is 5.97. The molecule has 136 valence electrons. The fourth-order valence-electron chi connectivity index (χ4n) is 4.17. The van der Waals surface area contributed by atoms with Crippen LogP contribution in [0.4, 0.5) is 11.4 Å². The molecular weight excluding hydrogens is 326 g/mol. The van der Waals surface area contributed by atoms with Gasteiger partial charge >= 0.3 is 0 Å². The standard InChI is InChI=1S/C21H25N3O2/c1-16(21(26)24-11-10-17-6-2-3-7-18(17)24)22-12-14-23(15-13-22)19-8-4-5-9-20(19)25/h2-9,16,25H,10-15H2,1H3/p+1/t16-/m1/s1. The monoisotopic (exact) mass is 352 g/mol. The highest BCUT2D eigenvalue weighted by Crippen LogP contribution is 2.28. The van der Waals surface area contributed by atoms with Crippen molar-refractivity contribution in [2.45, 2.75) is 19.4 Å². The third kappa shape index (κ3) is 3.03. The number of hydrogen-bond acceptors (Lipinski definition) is 3. The quantitative estimate of drug-likeness (QED) is 0.869. The van der Waals surface area contributed by atoms with Crippen LogP contribution in [0.2, 0.25) is 0 Å². The van der Waals surface area contributed by atoms with Crippen LogP contribution in [0.1, 0.15) is 12.5 Å². The molecule has 0 aliphatic carbocycles. The molecular formula is C21H26N3O2+. The van der Waals surface area contributed by atoms with E-state index in [9.17, 15) is 9.90 Å². The van der Waals surface area contributed by atoms with Gasteiger partial charge < -0.3 is 19.8 Å². The molecule has 1 fully saturated rings. The number of nitrogens with one attached hydrogen (secondary N) is 1. The minimum Gasteiger partial charge on any atom is -0.506 e. The Morgan fingerprint density at radius 3 is 2.38 bits per heavy atom. The summed E-state index contributed by atoms with van der Waals surface area (Å²) in [5.74, 6) is 0.551. The first-order chi connectivity index (χ1) is 12.6. The van der Waals surface area contributed by atoms with Crippen LogP contribution in [0, 0.1) is 0 Å². The summed E-state index contributed by atoms with van der Waals surface area (Å²) >= 11 is 0. The first kappa shape index (κ1) is 16.9. The lowest BCUT2D eigenvalue weighted by molar-refractivity contribution is -0.914. The number of quaternary nitrogens is 1. The Labute approximate surface area is 154 Å². The molecule has 1 saturated heterocycles. The van der Waals surface area contributed by atoms with Crippen molar-refractivity contribution >= 4 is 17.3 Å². The van der Waals surface area contributed by atoms with Gasteiger partial charge in [-0.3, -0.25) is 4.79 Å². The number of aromatic hydroxyl groups is 1. The van der Waals surface area contributed by atoms with E-state index in [0.717, 1.165) is 50.5 Å². The van der Waals surface area contributed by atoms with Crippen LogP contribution in [0.15, 0.2) is 48.5 Å². The summed E-state index contributed by atoms with van der Waals surface area (Å²) < 4.78 is 0. The molecule has 0 unspecified atom stereocenters. The number of amides is 1. The number of fused-ring (bicyclic) bond motifs is 1. The average Bonchev–Trinajstić information content (AvgIpc) is 3.11. The third-order valence-corrected chi connectivity index (χ3v) is 5.76. The molecule has 5 nitrogen and oxygen atoms in total. The molecule has 4 rings (SSSR count).